The molecule has 1 aromatic rings. The lowest BCUT2D eigenvalue weighted by Gasteiger charge is -2.26. The van der Waals surface area contributed by atoms with E-state index < -0.39 is 0 Å². The van der Waals surface area contributed by atoms with Gasteiger partial charge in [0.25, 0.3) is 0 Å². The van der Waals surface area contributed by atoms with E-state index >= 15 is 0 Å². The van der Waals surface area contributed by atoms with Crippen LogP contribution in [0.2, 0.25) is 0 Å². The number of hydrogen-bond donors (Lipinski definition) is 0. The monoisotopic (exact) mass is 232 g/mol. The van der Waals surface area contributed by atoms with Gasteiger partial charge in [0.2, 0.25) is 0 Å². The molecular formula is C15H20O2. The summed E-state index contributed by atoms with van der Waals surface area (Å²) in [4.78, 5) is 11.4. The van der Waals surface area contributed by atoms with E-state index in [1.165, 1.54) is 12.7 Å². The van der Waals surface area contributed by atoms with Crippen molar-refractivity contribution < 1.29 is 9.53 Å². The molecule has 1 aliphatic carbocycles. The third-order valence-electron chi connectivity index (χ3n) is 3.75. The molecule has 0 aliphatic heterocycles. The summed E-state index contributed by atoms with van der Waals surface area (Å²) in [5.41, 5.74) is 1.41. The number of esters is 1. The first kappa shape index (κ1) is 12.2. The lowest BCUT2D eigenvalue weighted by atomic mass is 9.79. The number of ether oxygens (including phenoxy) is 1. The van der Waals surface area contributed by atoms with Crippen LogP contribution < -0.4 is 0 Å². The number of rotatable bonds is 3. The Hall–Kier alpha value is -1.31. The van der Waals surface area contributed by atoms with Gasteiger partial charge >= 0.3 is 5.97 Å². The quantitative estimate of drug-likeness (QED) is 0.748. The summed E-state index contributed by atoms with van der Waals surface area (Å²) in [6.07, 6.45) is 5.42. The van der Waals surface area contributed by atoms with Crippen LogP contribution in [0.3, 0.4) is 0 Å². The fourth-order valence-electron chi connectivity index (χ4n) is 2.72. The molecule has 1 fully saturated rings. The molecule has 17 heavy (non-hydrogen) atoms. The molecule has 0 radical (unpaired) electrons. The van der Waals surface area contributed by atoms with Crippen molar-refractivity contribution in [2.75, 3.05) is 7.11 Å². The third kappa shape index (κ3) is 3.32. The number of carbonyl (C=O) groups is 1. The Morgan fingerprint density at radius 2 is 1.82 bits per heavy atom. The van der Waals surface area contributed by atoms with Gasteiger partial charge in [-0.1, -0.05) is 30.3 Å². The molecule has 0 atom stereocenters. The van der Waals surface area contributed by atoms with Crippen LogP contribution in [0.25, 0.3) is 0 Å². The molecule has 0 saturated heterocycles. The first-order valence-corrected chi connectivity index (χ1v) is 6.41. The Labute approximate surface area is 103 Å². The highest BCUT2D eigenvalue weighted by Crippen LogP contribution is 2.31. The average molecular weight is 232 g/mol. The highest BCUT2D eigenvalue weighted by Gasteiger charge is 2.26. The van der Waals surface area contributed by atoms with Gasteiger partial charge in [0.15, 0.2) is 0 Å². The number of carbonyl (C=O) groups excluding carboxylic acids is 1. The molecule has 0 spiro atoms. The second-order valence-corrected chi connectivity index (χ2v) is 4.93. The molecule has 0 aromatic heterocycles. The zero-order valence-electron chi connectivity index (χ0n) is 10.4. The molecule has 0 amide bonds. The van der Waals surface area contributed by atoms with Crippen molar-refractivity contribution in [1.82, 2.24) is 0 Å². The second kappa shape index (κ2) is 5.85. The minimum atomic E-state index is -0.0249. The van der Waals surface area contributed by atoms with Crippen LogP contribution in [0.1, 0.15) is 31.2 Å². The fraction of sp³-hybridized carbons (Fsp3) is 0.533. The average Bonchev–Trinajstić information content (AvgIpc) is 2.40. The van der Waals surface area contributed by atoms with Crippen LogP contribution >= 0.6 is 0 Å². The van der Waals surface area contributed by atoms with Gasteiger partial charge in [-0.3, -0.25) is 4.79 Å². The van der Waals surface area contributed by atoms with Gasteiger partial charge in [-0.15, -0.1) is 0 Å². The summed E-state index contributed by atoms with van der Waals surface area (Å²) in [6.45, 7) is 0. The summed E-state index contributed by atoms with van der Waals surface area (Å²) >= 11 is 0. The molecule has 0 heterocycles. The lowest BCUT2D eigenvalue weighted by molar-refractivity contribution is -0.146. The van der Waals surface area contributed by atoms with Crippen LogP contribution in [-0.2, 0) is 16.0 Å². The minimum Gasteiger partial charge on any atom is -0.469 e. The molecule has 2 nitrogen and oxygen atoms in total. The Bertz CT molecular complexity index is 350. The van der Waals surface area contributed by atoms with Gasteiger partial charge in [0.05, 0.1) is 13.0 Å². The first-order chi connectivity index (χ1) is 8.29. The molecule has 2 heteroatoms. The van der Waals surface area contributed by atoms with Gasteiger partial charge in [0.1, 0.15) is 0 Å². The van der Waals surface area contributed by atoms with Crippen LogP contribution in [0.4, 0.5) is 0 Å². The van der Waals surface area contributed by atoms with E-state index in [1.54, 1.807) is 0 Å². The maximum Gasteiger partial charge on any atom is 0.308 e. The topological polar surface area (TPSA) is 26.3 Å². The Morgan fingerprint density at radius 3 is 2.41 bits per heavy atom. The molecular weight excluding hydrogens is 212 g/mol. The summed E-state index contributed by atoms with van der Waals surface area (Å²) in [5.74, 6) is 0.855. The normalized spacial score (nSPS) is 24.3. The van der Waals surface area contributed by atoms with Crippen molar-refractivity contribution in [3.63, 3.8) is 0 Å². The highest BCUT2D eigenvalue weighted by atomic mass is 16.5. The van der Waals surface area contributed by atoms with E-state index in [0.29, 0.717) is 0 Å². The summed E-state index contributed by atoms with van der Waals surface area (Å²) in [6, 6.07) is 10.6. The smallest absolute Gasteiger partial charge is 0.308 e. The predicted molar refractivity (Wildman–Crippen MR) is 67.6 cm³/mol. The standard InChI is InChI=1S/C15H20O2/c1-17-15(16)14-9-7-13(8-10-14)11-12-5-3-2-4-6-12/h2-6,13-14H,7-11H2,1H3. The van der Waals surface area contributed by atoms with Gasteiger partial charge in [-0.25, -0.2) is 0 Å². The van der Waals surface area contributed by atoms with Crippen molar-refractivity contribution in [3.05, 3.63) is 35.9 Å². The van der Waals surface area contributed by atoms with E-state index in [0.717, 1.165) is 38.0 Å². The zero-order chi connectivity index (χ0) is 12.1. The summed E-state index contributed by atoms with van der Waals surface area (Å²) in [5, 5.41) is 0. The van der Waals surface area contributed by atoms with E-state index in [2.05, 4.69) is 30.3 Å². The third-order valence-corrected chi connectivity index (χ3v) is 3.75. The van der Waals surface area contributed by atoms with Crippen LogP contribution in [-0.4, -0.2) is 13.1 Å². The molecule has 0 unspecified atom stereocenters. The molecule has 0 bridgehead atoms. The SMILES string of the molecule is COC(=O)C1CCC(Cc2ccccc2)CC1. The molecule has 1 saturated carbocycles. The molecule has 1 aromatic carbocycles. The zero-order valence-corrected chi connectivity index (χ0v) is 10.4. The largest absolute Gasteiger partial charge is 0.469 e. The highest BCUT2D eigenvalue weighted by molar-refractivity contribution is 5.72. The van der Waals surface area contributed by atoms with Crippen molar-refractivity contribution in [1.29, 1.82) is 0 Å². The number of benzene rings is 1. The van der Waals surface area contributed by atoms with Gasteiger partial charge in [-0.2, -0.15) is 0 Å². The Kier molecular flexibility index (Phi) is 4.18. The molecule has 1 aliphatic rings. The summed E-state index contributed by atoms with van der Waals surface area (Å²) < 4.78 is 4.80. The van der Waals surface area contributed by atoms with E-state index in [9.17, 15) is 4.79 Å². The summed E-state index contributed by atoms with van der Waals surface area (Å²) in [7, 11) is 1.48. The van der Waals surface area contributed by atoms with Crippen molar-refractivity contribution in [2.24, 2.45) is 11.8 Å². The van der Waals surface area contributed by atoms with Crippen molar-refractivity contribution >= 4 is 5.97 Å². The van der Waals surface area contributed by atoms with Gasteiger partial charge < -0.3 is 4.74 Å². The molecule has 92 valence electrons. The van der Waals surface area contributed by atoms with E-state index in [4.69, 9.17) is 4.74 Å². The maximum atomic E-state index is 11.4. The Morgan fingerprint density at radius 1 is 1.18 bits per heavy atom. The first-order valence-electron chi connectivity index (χ1n) is 6.41. The molecule has 0 N–H and O–H groups in total. The van der Waals surface area contributed by atoms with E-state index in [-0.39, 0.29) is 11.9 Å². The van der Waals surface area contributed by atoms with Gasteiger partial charge in [0, 0.05) is 0 Å². The number of methoxy groups -OCH3 is 1. The van der Waals surface area contributed by atoms with Crippen LogP contribution in [0.15, 0.2) is 30.3 Å². The van der Waals surface area contributed by atoms with Crippen molar-refractivity contribution in [3.8, 4) is 0 Å². The van der Waals surface area contributed by atoms with Crippen LogP contribution in [0.5, 0.6) is 0 Å². The van der Waals surface area contributed by atoms with Crippen molar-refractivity contribution in [2.45, 2.75) is 32.1 Å². The second-order valence-electron chi connectivity index (χ2n) is 4.93. The van der Waals surface area contributed by atoms with Gasteiger partial charge in [-0.05, 0) is 43.6 Å². The fourth-order valence-corrected chi connectivity index (χ4v) is 2.72. The minimum absolute atomic E-state index is 0.0249. The van der Waals surface area contributed by atoms with E-state index in [1.807, 2.05) is 0 Å². The maximum absolute atomic E-state index is 11.4. The predicted octanol–water partition coefficient (Wildman–Crippen LogP) is 3.21. The van der Waals surface area contributed by atoms with Crippen LogP contribution in [0, 0.1) is 11.8 Å². The molecule has 2 rings (SSSR count). The number of hydrogen-bond acceptors (Lipinski definition) is 2. The Balaban J connectivity index is 1.82. The lowest BCUT2D eigenvalue weighted by Crippen LogP contribution is -2.23.